The maximum absolute atomic E-state index is 4.25. The first kappa shape index (κ1) is 6.34. The van der Waals surface area contributed by atoms with Gasteiger partial charge in [0.25, 0.3) is 0 Å². The minimum atomic E-state index is -0.427. The van der Waals surface area contributed by atoms with Crippen molar-refractivity contribution in [1.29, 1.82) is 0 Å². The van der Waals surface area contributed by atoms with Crippen LogP contribution in [0.3, 0.4) is 0 Å². The Kier molecular flexibility index (Phi) is 1.18. The van der Waals surface area contributed by atoms with Crippen molar-refractivity contribution < 1.29 is 0 Å². The quantitative estimate of drug-likeness (QED) is 0.505. The molecule has 3 heteroatoms. The fourth-order valence-electron chi connectivity index (χ4n) is 1.13. The summed E-state index contributed by atoms with van der Waals surface area (Å²) in [6.45, 7) is 1.97. The molecule has 0 aliphatic carbocycles. The van der Waals surface area contributed by atoms with Crippen LogP contribution >= 0.6 is 0 Å². The van der Waals surface area contributed by atoms with Crippen LogP contribution in [0.2, 0.25) is 0 Å². The molecule has 0 aromatic carbocycles. The standard InChI is InChI=1S/C8H9N3/c1-8-9-4-2-6-11(8)7-3-5-10-8/h2-7H,1H3. The van der Waals surface area contributed by atoms with Crippen LogP contribution < -0.4 is 0 Å². The molecule has 0 N–H and O–H groups in total. The van der Waals surface area contributed by atoms with Crippen molar-refractivity contribution in [3.8, 4) is 0 Å². The van der Waals surface area contributed by atoms with E-state index in [2.05, 4.69) is 9.98 Å². The van der Waals surface area contributed by atoms with E-state index in [1.165, 1.54) is 0 Å². The number of allylic oxidation sites excluding steroid dienone is 2. The Morgan fingerprint density at radius 3 is 2.09 bits per heavy atom. The van der Waals surface area contributed by atoms with E-state index in [-0.39, 0.29) is 0 Å². The molecule has 0 spiro atoms. The van der Waals surface area contributed by atoms with E-state index in [1.54, 1.807) is 12.4 Å². The molecule has 56 valence electrons. The third kappa shape index (κ3) is 0.888. The molecule has 0 aromatic heterocycles. The molecule has 2 aliphatic heterocycles. The Balaban J connectivity index is 2.40. The lowest BCUT2D eigenvalue weighted by atomic mass is 10.3. The van der Waals surface area contributed by atoms with Gasteiger partial charge >= 0.3 is 0 Å². The second-order valence-corrected chi connectivity index (χ2v) is 2.62. The molecule has 0 unspecified atom stereocenters. The van der Waals surface area contributed by atoms with Gasteiger partial charge in [-0.15, -0.1) is 0 Å². The molecule has 2 rings (SSSR count). The van der Waals surface area contributed by atoms with E-state index >= 15 is 0 Å². The van der Waals surface area contributed by atoms with Gasteiger partial charge in [0, 0.05) is 31.8 Å². The summed E-state index contributed by atoms with van der Waals surface area (Å²) >= 11 is 0. The third-order valence-electron chi connectivity index (χ3n) is 1.79. The van der Waals surface area contributed by atoms with E-state index in [1.807, 2.05) is 36.4 Å². The Morgan fingerprint density at radius 1 is 1.09 bits per heavy atom. The topological polar surface area (TPSA) is 28.0 Å². The first-order chi connectivity index (χ1) is 5.31. The molecule has 0 aromatic rings. The summed E-state index contributed by atoms with van der Waals surface area (Å²) in [6.07, 6.45) is 11.2. The highest BCUT2D eigenvalue weighted by molar-refractivity contribution is 5.76. The number of aliphatic imine (C=N–C) groups is 2. The zero-order chi connectivity index (χ0) is 7.73. The van der Waals surface area contributed by atoms with Crippen LogP contribution in [0.1, 0.15) is 6.92 Å². The summed E-state index contributed by atoms with van der Waals surface area (Å²) in [7, 11) is 0. The Morgan fingerprint density at radius 2 is 1.64 bits per heavy atom. The van der Waals surface area contributed by atoms with Gasteiger partial charge in [-0.2, -0.15) is 0 Å². The summed E-state index contributed by atoms with van der Waals surface area (Å²) in [5, 5.41) is 0. The summed E-state index contributed by atoms with van der Waals surface area (Å²) < 4.78 is 0. The molecular weight excluding hydrogens is 138 g/mol. The van der Waals surface area contributed by atoms with Gasteiger partial charge in [-0.1, -0.05) is 0 Å². The number of fused-ring (bicyclic) bond motifs is 1. The van der Waals surface area contributed by atoms with E-state index in [0.29, 0.717) is 0 Å². The fraction of sp³-hybridized carbons (Fsp3) is 0.250. The number of hydrogen-bond acceptors (Lipinski definition) is 3. The van der Waals surface area contributed by atoms with Crippen LogP contribution in [0.4, 0.5) is 0 Å². The largest absolute Gasteiger partial charge is 0.311 e. The highest BCUT2D eigenvalue weighted by Crippen LogP contribution is 2.23. The number of hydrogen-bond donors (Lipinski definition) is 0. The summed E-state index contributed by atoms with van der Waals surface area (Å²) in [4.78, 5) is 10.5. The van der Waals surface area contributed by atoms with Crippen LogP contribution in [0.15, 0.2) is 34.5 Å². The first-order valence-electron chi connectivity index (χ1n) is 3.54. The van der Waals surface area contributed by atoms with Crippen molar-refractivity contribution in [2.45, 2.75) is 12.7 Å². The average Bonchev–Trinajstić information content (AvgIpc) is 2.03. The second-order valence-electron chi connectivity index (χ2n) is 2.62. The van der Waals surface area contributed by atoms with Gasteiger partial charge in [0.15, 0.2) is 0 Å². The maximum atomic E-state index is 4.25. The van der Waals surface area contributed by atoms with E-state index in [9.17, 15) is 0 Å². The van der Waals surface area contributed by atoms with Crippen molar-refractivity contribution >= 4 is 12.4 Å². The SMILES string of the molecule is CC12N=CC=CN1C=CC=N2. The van der Waals surface area contributed by atoms with Crippen molar-refractivity contribution in [3.05, 3.63) is 24.6 Å². The van der Waals surface area contributed by atoms with Crippen LogP contribution in [-0.2, 0) is 0 Å². The molecule has 0 fully saturated rings. The number of nitrogens with zero attached hydrogens (tertiary/aromatic N) is 3. The van der Waals surface area contributed by atoms with Crippen molar-refractivity contribution in [2.24, 2.45) is 9.98 Å². The molecule has 2 heterocycles. The van der Waals surface area contributed by atoms with Gasteiger partial charge < -0.3 is 4.90 Å². The van der Waals surface area contributed by atoms with Crippen LogP contribution in [0.25, 0.3) is 0 Å². The first-order valence-corrected chi connectivity index (χ1v) is 3.54. The zero-order valence-electron chi connectivity index (χ0n) is 6.31. The highest BCUT2D eigenvalue weighted by Gasteiger charge is 2.28. The van der Waals surface area contributed by atoms with E-state index in [4.69, 9.17) is 0 Å². The lowest BCUT2D eigenvalue weighted by molar-refractivity contribution is 0.247. The minimum Gasteiger partial charge on any atom is -0.311 e. The molecule has 0 amide bonds. The lowest BCUT2D eigenvalue weighted by Gasteiger charge is -2.34. The number of rotatable bonds is 0. The zero-order valence-corrected chi connectivity index (χ0v) is 6.31. The predicted octanol–water partition coefficient (Wildman–Crippen LogP) is 1.16. The van der Waals surface area contributed by atoms with Gasteiger partial charge in [-0.3, -0.25) is 0 Å². The molecule has 0 radical (unpaired) electrons. The molecule has 2 aliphatic rings. The normalized spacial score (nSPS) is 23.9. The Hall–Kier alpha value is -1.38. The molecule has 0 bridgehead atoms. The summed E-state index contributed by atoms with van der Waals surface area (Å²) in [5.41, 5.74) is 0. The monoisotopic (exact) mass is 147 g/mol. The van der Waals surface area contributed by atoms with E-state index in [0.717, 1.165) is 0 Å². The third-order valence-corrected chi connectivity index (χ3v) is 1.79. The van der Waals surface area contributed by atoms with Crippen LogP contribution in [0.5, 0.6) is 0 Å². The van der Waals surface area contributed by atoms with Crippen molar-refractivity contribution in [3.63, 3.8) is 0 Å². The fourth-order valence-corrected chi connectivity index (χ4v) is 1.13. The molecule has 0 saturated heterocycles. The Bertz CT molecular complexity index is 249. The maximum Gasteiger partial charge on any atom is 0.227 e. The Labute approximate surface area is 65.5 Å². The molecule has 0 atom stereocenters. The molecule has 11 heavy (non-hydrogen) atoms. The van der Waals surface area contributed by atoms with Gasteiger partial charge in [0.2, 0.25) is 5.79 Å². The van der Waals surface area contributed by atoms with Gasteiger partial charge in [0.05, 0.1) is 0 Å². The van der Waals surface area contributed by atoms with Gasteiger partial charge in [-0.25, -0.2) is 9.98 Å². The highest BCUT2D eigenvalue weighted by atomic mass is 15.4. The predicted molar refractivity (Wildman–Crippen MR) is 45.5 cm³/mol. The summed E-state index contributed by atoms with van der Waals surface area (Å²) in [6, 6.07) is 0. The molecule has 0 saturated carbocycles. The van der Waals surface area contributed by atoms with Crippen molar-refractivity contribution in [1.82, 2.24) is 4.90 Å². The smallest absolute Gasteiger partial charge is 0.227 e. The lowest BCUT2D eigenvalue weighted by Crippen LogP contribution is -2.39. The second kappa shape index (κ2) is 2.05. The van der Waals surface area contributed by atoms with Crippen molar-refractivity contribution in [2.75, 3.05) is 0 Å². The van der Waals surface area contributed by atoms with Gasteiger partial charge in [0.1, 0.15) is 0 Å². The average molecular weight is 147 g/mol. The van der Waals surface area contributed by atoms with Gasteiger partial charge in [-0.05, 0) is 12.2 Å². The van der Waals surface area contributed by atoms with E-state index < -0.39 is 5.79 Å². The minimum absolute atomic E-state index is 0.427. The molecular formula is C8H9N3. The summed E-state index contributed by atoms with van der Waals surface area (Å²) in [5.74, 6) is -0.427. The molecule has 3 nitrogen and oxygen atoms in total. The van der Waals surface area contributed by atoms with Crippen LogP contribution in [-0.4, -0.2) is 23.1 Å². The van der Waals surface area contributed by atoms with Crippen LogP contribution in [0, 0.1) is 0 Å².